The van der Waals surface area contributed by atoms with E-state index in [1.54, 1.807) is 13.8 Å². The predicted molar refractivity (Wildman–Crippen MR) is 119 cm³/mol. The quantitative estimate of drug-likeness (QED) is 0.574. The molecule has 0 spiro atoms. The van der Waals surface area contributed by atoms with Gasteiger partial charge in [-0.05, 0) is 42.0 Å². The van der Waals surface area contributed by atoms with Gasteiger partial charge >= 0.3 is 6.09 Å². The van der Waals surface area contributed by atoms with Crippen LogP contribution in [-0.4, -0.2) is 30.0 Å². The highest BCUT2D eigenvalue weighted by Gasteiger charge is 2.28. The minimum atomic E-state index is -0.891. The molecule has 0 bridgehead atoms. The molecule has 2 atom stereocenters. The van der Waals surface area contributed by atoms with Gasteiger partial charge in [0.2, 0.25) is 11.8 Å². The Morgan fingerprint density at radius 2 is 1.61 bits per heavy atom. The number of amides is 3. The van der Waals surface area contributed by atoms with Crippen molar-refractivity contribution in [2.75, 3.05) is 0 Å². The summed E-state index contributed by atoms with van der Waals surface area (Å²) in [6.07, 6.45) is -0.437. The van der Waals surface area contributed by atoms with Crippen molar-refractivity contribution in [3.05, 3.63) is 70.8 Å². The van der Waals surface area contributed by atoms with Crippen LogP contribution in [0.3, 0.4) is 0 Å². The Morgan fingerprint density at radius 3 is 2.19 bits per heavy atom. The van der Waals surface area contributed by atoms with Gasteiger partial charge in [-0.2, -0.15) is 0 Å². The summed E-state index contributed by atoms with van der Waals surface area (Å²) >= 11 is 0. The molecular formula is C24H31N3O4. The summed E-state index contributed by atoms with van der Waals surface area (Å²) in [6, 6.07) is 13.3. The smallest absolute Gasteiger partial charge is 0.408 e. The molecule has 0 aromatic heterocycles. The summed E-state index contributed by atoms with van der Waals surface area (Å²) in [5.41, 5.74) is 9.49. The number of rotatable bonds is 9. The number of benzene rings is 2. The van der Waals surface area contributed by atoms with E-state index in [2.05, 4.69) is 10.6 Å². The van der Waals surface area contributed by atoms with Crippen molar-refractivity contribution >= 4 is 17.9 Å². The molecule has 166 valence electrons. The van der Waals surface area contributed by atoms with Gasteiger partial charge in [0.05, 0.1) is 0 Å². The standard InChI is InChI=1S/C24H31N3O4/c1-15(2)21(27-24(30)31-14-18-8-6-5-7-9-18)23(29)26-20(22(25)28)13-19-11-10-16(3)17(4)12-19/h5-12,15,20-21H,13-14H2,1-4H3,(H2,25,28)(H,26,29)(H,27,30)/t20-,21+/m1/s1. The molecule has 31 heavy (non-hydrogen) atoms. The lowest BCUT2D eigenvalue weighted by molar-refractivity contribution is -0.129. The molecule has 7 heteroatoms. The first-order valence-corrected chi connectivity index (χ1v) is 10.3. The van der Waals surface area contributed by atoms with Gasteiger partial charge in [-0.3, -0.25) is 9.59 Å². The summed E-state index contributed by atoms with van der Waals surface area (Å²) in [7, 11) is 0. The SMILES string of the molecule is Cc1ccc(C[C@@H](NC(=O)[C@@H](NC(=O)OCc2ccccc2)C(C)C)C(N)=O)cc1C. The maximum atomic E-state index is 12.8. The molecule has 0 aliphatic heterocycles. The molecule has 0 saturated heterocycles. The van der Waals surface area contributed by atoms with E-state index < -0.39 is 30.0 Å². The minimum absolute atomic E-state index is 0.0930. The molecule has 2 rings (SSSR count). The Morgan fingerprint density at radius 1 is 0.935 bits per heavy atom. The number of carbonyl (C=O) groups excluding carboxylic acids is 3. The fourth-order valence-electron chi connectivity index (χ4n) is 3.08. The number of hydrogen-bond donors (Lipinski definition) is 3. The molecule has 0 aliphatic rings. The van der Waals surface area contributed by atoms with Crippen molar-refractivity contribution in [2.45, 2.75) is 52.8 Å². The zero-order valence-corrected chi connectivity index (χ0v) is 18.5. The molecule has 2 aromatic rings. The number of alkyl carbamates (subject to hydrolysis) is 1. The first-order valence-electron chi connectivity index (χ1n) is 10.3. The molecule has 2 aromatic carbocycles. The van der Waals surface area contributed by atoms with Crippen LogP contribution < -0.4 is 16.4 Å². The topological polar surface area (TPSA) is 111 Å². The summed E-state index contributed by atoms with van der Waals surface area (Å²) < 4.78 is 5.21. The monoisotopic (exact) mass is 425 g/mol. The lowest BCUT2D eigenvalue weighted by atomic mass is 9.99. The van der Waals surface area contributed by atoms with Crippen LogP contribution >= 0.6 is 0 Å². The maximum Gasteiger partial charge on any atom is 0.408 e. The van der Waals surface area contributed by atoms with Gasteiger partial charge in [-0.15, -0.1) is 0 Å². The average molecular weight is 426 g/mol. The zero-order valence-electron chi connectivity index (χ0n) is 18.5. The Bertz CT molecular complexity index is 912. The number of nitrogens with two attached hydrogens (primary N) is 1. The molecule has 0 heterocycles. The van der Waals surface area contributed by atoms with Crippen molar-refractivity contribution in [1.82, 2.24) is 10.6 Å². The Labute approximate surface area is 183 Å². The van der Waals surface area contributed by atoms with Crippen molar-refractivity contribution in [2.24, 2.45) is 11.7 Å². The van der Waals surface area contributed by atoms with Gasteiger partial charge in [-0.25, -0.2) is 4.79 Å². The van der Waals surface area contributed by atoms with Crippen LogP contribution in [0.25, 0.3) is 0 Å². The van der Waals surface area contributed by atoms with Crippen LogP contribution in [-0.2, 0) is 27.4 Å². The van der Waals surface area contributed by atoms with E-state index in [1.807, 2.05) is 62.4 Å². The Hall–Kier alpha value is -3.35. The second-order valence-electron chi connectivity index (χ2n) is 8.01. The fourth-order valence-corrected chi connectivity index (χ4v) is 3.08. The van der Waals surface area contributed by atoms with Crippen LogP contribution in [0.15, 0.2) is 48.5 Å². The van der Waals surface area contributed by atoms with Gasteiger partial charge in [0, 0.05) is 6.42 Å². The van der Waals surface area contributed by atoms with E-state index in [0.717, 1.165) is 22.3 Å². The zero-order chi connectivity index (χ0) is 23.0. The molecule has 0 aliphatic carbocycles. The second kappa shape index (κ2) is 11.2. The minimum Gasteiger partial charge on any atom is -0.445 e. The van der Waals surface area contributed by atoms with Crippen LogP contribution in [0.2, 0.25) is 0 Å². The maximum absolute atomic E-state index is 12.8. The third-order valence-electron chi connectivity index (χ3n) is 5.11. The fraction of sp³-hybridized carbons (Fsp3) is 0.375. The Balaban J connectivity index is 2.00. The van der Waals surface area contributed by atoms with Crippen molar-refractivity contribution in [3.63, 3.8) is 0 Å². The largest absolute Gasteiger partial charge is 0.445 e. The summed E-state index contributed by atoms with van der Waals surface area (Å²) in [6.45, 7) is 7.67. The summed E-state index contributed by atoms with van der Waals surface area (Å²) in [4.78, 5) is 37.0. The number of nitrogens with one attached hydrogen (secondary N) is 2. The van der Waals surface area contributed by atoms with Crippen molar-refractivity contribution in [3.8, 4) is 0 Å². The third kappa shape index (κ3) is 7.44. The highest BCUT2D eigenvalue weighted by atomic mass is 16.5. The van der Waals surface area contributed by atoms with Crippen LogP contribution in [0.4, 0.5) is 4.79 Å². The van der Waals surface area contributed by atoms with Crippen molar-refractivity contribution in [1.29, 1.82) is 0 Å². The second-order valence-corrected chi connectivity index (χ2v) is 8.01. The van der Waals surface area contributed by atoms with E-state index >= 15 is 0 Å². The highest BCUT2D eigenvalue weighted by molar-refractivity contribution is 5.91. The normalized spacial score (nSPS) is 12.7. The van der Waals surface area contributed by atoms with Gasteiger partial charge in [0.25, 0.3) is 0 Å². The van der Waals surface area contributed by atoms with Gasteiger partial charge < -0.3 is 21.1 Å². The predicted octanol–water partition coefficient (Wildman–Crippen LogP) is 2.77. The van der Waals surface area contributed by atoms with Crippen LogP contribution in [0, 0.1) is 19.8 Å². The van der Waals surface area contributed by atoms with E-state index in [-0.39, 0.29) is 18.9 Å². The summed E-state index contributed by atoms with van der Waals surface area (Å²) in [5.74, 6) is -1.35. The molecule has 0 radical (unpaired) electrons. The van der Waals surface area contributed by atoms with Crippen molar-refractivity contribution < 1.29 is 19.1 Å². The van der Waals surface area contributed by atoms with E-state index in [4.69, 9.17) is 10.5 Å². The summed E-state index contributed by atoms with van der Waals surface area (Å²) in [5, 5.41) is 5.26. The molecular weight excluding hydrogens is 394 g/mol. The number of aryl methyl sites for hydroxylation is 2. The van der Waals surface area contributed by atoms with Crippen LogP contribution in [0.1, 0.15) is 36.1 Å². The number of primary amides is 1. The average Bonchev–Trinajstić information content (AvgIpc) is 2.73. The number of ether oxygens (including phenoxy) is 1. The molecule has 7 nitrogen and oxygen atoms in total. The third-order valence-corrected chi connectivity index (χ3v) is 5.11. The Kier molecular flexibility index (Phi) is 8.61. The molecule has 4 N–H and O–H groups in total. The van der Waals surface area contributed by atoms with Gasteiger partial charge in [0.1, 0.15) is 18.7 Å². The van der Waals surface area contributed by atoms with E-state index in [1.165, 1.54) is 0 Å². The van der Waals surface area contributed by atoms with Crippen LogP contribution in [0.5, 0.6) is 0 Å². The van der Waals surface area contributed by atoms with Gasteiger partial charge in [0.15, 0.2) is 0 Å². The van der Waals surface area contributed by atoms with E-state index in [0.29, 0.717) is 0 Å². The number of carbonyl (C=O) groups is 3. The molecule has 3 amide bonds. The number of hydrogen-bond acceptors (Lipinski definition) is 4. The highest BCUT2D eigenvalue weighted by Crippen LogP contribution is 2.12. The molecule has 0 unspecified atom stereocenters. The molecule has 0 saturated carbocycles. The molecule has 0 fully saturated rings. The lowest BCUT2D eigenvalue weighted by Gasteiger charge is -2.24. The van der Waals surface area contributed by atoms with E-state index in [9.17, 15) is 14.4 Å². The first-order chi connectivity index (χ1) is 14.7. The first kappa shape index (κ1) is 23.9. The lowest BCUT2D eigenvalue weighted by Crippen LogP contribution is -2.55. The van der Waals surface area contributed by atoms with Gasteiger partial charge in [-0.1, -0.05) is 62.4 Å².